The number of phenolic OH excluding ortho intramolecular Hbond substituents is 3. The smallest absolute Gasteiger partial charge is 0.130 e. The van der Waals surface area contributed by atoms with Gasteiger partial charge in [0.1, 0.15) is 28.7 Å². The zero-order chi connectivity index (χ0) is 24.6. The van der Waals surface area contributed by atoms with E-state index in [1.165, 1.54) is 0 Å². The summed E-state index contributed by atoms with van der Waals surface area (Å²) < 4.78 is 6.15. The van der Waals surface area contributed by atoms with Crippen molar-refractivity contribution in [3.63, 3.8) is 0 Å². The number of hydrogen-bond donors (Lipinski definition) is 3. The van der Waals surface area contributed by atoms with Gasteiger partial charge in [0, 0.05) is 22.9 Å². The van der Waals surface area contributed by atoms with Gasteiger partial charge >= 0.3 is 0 Å². The zero-order valence-electron chi connectivity index (χ0n) is 20.0. The van der Waals surface area contributed by atoms with Gasteiger partial charge in [-0.15, -0.1) is 0 Å². The topological polar surface area (TPSA) is 73.2 Å². The Bertz CT molecular complexity index is 1320. The monoisotopic (exact) mass is 455 g/mol. The summed E-state index contributed by atoms with van der Waals surface area (Å²) in [5.41, 5.74) is 6.55. The number of anilines is 3. The van der Waals surface area contributed by atoms with Crippen LogP contribution < -0.4 is 9.64 Å². The van der Waals surface area contributed by atoms with E-state index >= 15 is 0 Å². The number of rotatable bonds is 5. The zero-order valence-corrected chi connectivity index (χ0v) is 20.0. The molecule has 4 aromatic carbocycles. The van der Waals surface area contributed by atoms with Gasteiger partial charge in [0.15, 0.2) is 0 Å². The molecule has 4 rings (SSSR count). The summed E-state index contributed by atoms with van der Waals surface area (Å²) in [6.45, 7) is 9.51. The van der Waals surface area contributed by atoms with Gasteiger partial charge < -0.3 is 25.0 Å². The molecule has 5 nitrogen and oxygen atoms in total. The lowest BCUT2D eigenvalue weighted by Crippen LogP contribution is -2.13. The molecule has 3 N–H and O–H groups in total. The lowest BCUT2D eigenvalue weighted by Gasteiger charge is -2.30. The van der Waals surface area contributed by atoms with E-state index in [2.05, 4.69) is 0 Å². The molecule has 0 unspecified atom stereocenters. The number of aryl methyl sites for hydroxylation is 3. The largest absolute Gasteiger partial charge is 0.508 e. The first kappa shape index (κ1) is 23.1. The number of nitrogens with zero attached hydrogens (tertiary/aromatic N) is 1. The van der Waals surface area contributed by atoms with Crippen molar-refractivity contribution < 1.29 is 20.1 Å². The molecule has 0 saturated heterocycles. The van der Waals surface area contributed by atoms with Gasteiger partial charge in [-0.3, -0.25) is 0 Å². The number of benzene rings is 4. The van der Waals surface area contributed by atoms with Gasteiger partial charge in [0.25, 0.3) is 0 Å². The molecule has 5 heteroatoms. The van der Waals surface area contributed by atoms with Crippen molar-refractivity contribution in [2.75, 3.05) is 4.90 Å². The van der Waals surface area contributed by atoms with Gasteiger partial charge in [-0.2, -0.15) is 0 Å². The number of ether oxygens (including phenoxy) is 1. The van der Waals surface area contributed by atoms with Gasteiger partial charge in [0.05, 0.1) is 11.4 Å². The van der Waals surface area contributed by atoms with Crippen molar-refractivity contribution >= 4 is 17.1 Å². The number of hydrogen-bond acceptors (Lipinski definition) is 5. The number of phenols is 3. The maximum atomic E-state index is 10.6. The molecule has 4 aromatic rings. The summed E-state index contributed by atoms with van der Waals surface area (Å²) in [4.78, 5) is 2.03. The fourth-order valence-corrected chi connectivity index (χ4v) is 4.07. The molecule has 174 valence electrons. The highest BCUT2D eigenvalue weighted by Crippen LogP contribution is 2.44. The summed E-state index contributed by atoms with van der Waals surface area (Å²) in [5, 5.41) is 30.9. The van der Waals surface area contributed by atoms with E-state index in [9.17, 15) is 15.3 Å². The maximum Gasteiger partial charge on any atom is 0.130 e. The molecule has 0 spiro atoms. The van der Waals surface area contributed by atoms with Crippen molar-refractivity contribution in [2.24, 2.45) is 0 Å². The Morgan fingerprint density at radius 3 is 1.79 bits per heavy atom. The molecule has 0 saturated carbocycles. The molecule has 0 fully saturated rings. The van der Waals surface area contributed by atoms with E-state index < -0.39 is 0 Å². The first-order chi connectivity index (χ1) is 16.1. The summed E-state index contributed by atoms with van der Waals surface area (Å²) >= 11 is 0. The third kappa shape index (κ3) is 4.50. The first-order valence-electron chi connectivity index (χ1n) is 11.1. The lowest BCUT2D eigenvalue weighted by molar-refractivity contribution is 0.461. The second-order valence-electron chi connectivity index (χ2n) is 8.74. The Morgan fingerprint density at radius 1 is 0.647 bits per heavy atom. The highest BCUT2D eigenvalue weighted by molar-refractivity contribution is 5.83. The van der Waals surface area contributed by atoms with Crippen molar-refractivity contribution in [3.05, 3.63) is 94.5 Å². The molecule has 0 heterocycles. The second-order valence-corrected chi connectivity index (χ2v) is 8.74. The minimum atomic E-state index is 0.189. The molecule has 0 radical (unpaired) electrons. The molecule has 0 aliphatic carbocycles. The molecule has 0 amide bonds. The third-order valence-electron chi connectivity index (χ3n) is 5.94. The van der Waals surface area contributed by atoms with Gasteiger partial charge in [0.2, 0.25) is 0 Å². The minimum absolute atomic E-state index is 0.189. The van der Waals surface area contributed by atoms with Crippen LogP contribution in [0.4, 0.5) is 17.1 Å². The quantitative estimate of drug-likeness (QED) is 0.289. The Kier molecular flexibility index (Phi) is 6.12. The maximum absolute atomic E-state index is 10.6. The molecule has 0 aromatic heterocycles. The Labute approximate surface area is 200 Å². The first-order valence-corrected chi connectivity index (χ1v) is 11.1. The fourth-order valence-electron chi connectivity index (χ4n) is 4.07. The van der Waals surface area contributed by atoms with Crippen LogP contribution in [0.15, 0.2) is 66.7 Å². The summed E-state index contributed by atoms with van der Waals surface area (Å²) in [5.74, 6) is 1.88. The van der Waals surface area contributed by atoms with Crippen LogP contribution >= 0.6 is 0 Å². The molecule has 0 bridgehead atoms. The van der Waals surface area contributed by atoms with Crippen LogP contribution in [0.25, 0.3) is 0 Å². The van der Waals surface area contributed by atoms with Crippen molar-refractivity contribution in [3.8, 4) is 28.7 Å². The SMILES string of the molecule is Cc1cc(O)c(C)c(N(c2cccc(Oc3ccc(O)cc3C)c2)c2cc(C)cc(O)c2C)c1. The van der Waals surface area contributed by atoms with E-state index in [1.54, 1.807) is 30.3 Å². The van der Waals surface area contributed by atoms with E-state index in [0.29, 0.717) is 11.5 Å². The predicted molar refractivity (Wildman–Crippen MR) is 136 cm³/mol. The van der Waals surface area contributed by atoms with Crippen LogP contribution in [-0.4, -0.2) is 15.3 Å². The summed E-state index contributed by atoms with van der Waals surface area (Å²) in [7, 11) is 0. The predicted octanol–water partition coefficient (Wildman–Crippen LogP) is 7.61. The third-order valence-corrected chi connectivity index (χ3v) is 5.94. The van der Waals surface area contributed by atoms with E-state index in [4.69, 9.17) is 4.74 Å². The Hall–Kier alpha value is -4.12. The highest BCUT2D eigenvalue weighted by Gasteiger charge is 2.21. The number of aromatic hydroxyl groups is 3. The molecule has 0 aliphatic heterocycles. The molecule has 34 heavy (non-hydrogen) atoms. The normalized spacial score (nSPS) is 10.9. The van der Waals surface area contributed by atoms with Crippen molar-refractivity contribution in [1.29, 1.82) is 0 Å². The van der Waals surface area contributed by atoms with Crippen LogP contribution in [-0.2, 0) is 0 Å². The van der Waals surface area contributed by atoms with Crippen LogP contribution in [0.2, 0.25) is 0 Å². The molecule has 0 aliphatic rings. The molecular weight excluding hydrogens is 426 g/mol. The fraction of sp³-hybridized carbons (Fsp3) is 0.172. The van der Waals surface area contributed by atoms with Gasteiger partial charge in [-0.1, -0.05) is 6.07 Å². The van der Waals surface area contributed by atoms with Crippen LogP contribution in [0, 0.1) is 34.6 Å². The van der Waals surface area contributed by atoms with Crippen LogP contribution in [0.3, 0.4) is 0 Å². The van der Waals surface area contributed by atoms with Gasteiger partial charge in [-0.05, 0) is 106 Å². The van der Waals surface area contributed by atoms with E-state index in [0.717, 1.165) is 44.9 Å². The van der Waals surface area contributed by atoms with E-state index in [1.807, 2.05) is 75.9 Å². The summed E-state index contributed by atoms with van der Waals surface area (Å²) in [6, 6.07) is 20.2. The Balaban J connectivity index is 1.89. The highest BCUT2D eigenvalue weighted by atomic mass is 16.5. The van der Waals surface area contributed by atoms with E-state index in [-0.39, 0.29) is 17.2 Å². The van der Waals surface area contributed by atoms with Crippen molar-refractivity contribution in [1.82, 2.24) is 0 Å². The average Bonchev–Trinajstić information content (AvgIpc) is 2.77. The van der Waals surface area contributed by atoms with Crippen LogP contribution in [0.5, 0.6) is 28.7 Å². The van der Waals surface area contributed by atoms with Crippen LogP contribution in [0.1, 0.15) is 27.8 Å². The standard InChI is InChI=1S/C29H29NO4/c1-17-11-25(20(4)27(32)13-17)30(26-12-18(2)14-28(33)21(26)5)22-7-6-8-24(16-22)34-29-10-9-23(31)15-19(29)3/h6-16,31-33H,1-5H3. The Morgan fingerprint density at radius 2 is 1.24 bits per heavy atom. The minimum Gasteiger partial charge on any atom is -0.508 e. The second kappa shape index (κ2) is 9.02. The molecular formula is C29H29NO4. The van der Waals surface area contributed by atoms with Crippen molar-refractivity contribution in [2.45, 2.75) is 34.6 Å². The molecule has 0 atom stereocenters. The average molecular weight is 456 g/mol. The summed E-state index contributed by atoms with van der Waals surface area (Å²) in [6.07, 6.45) is 0. The van der Waals surface area contributed by atoms with Gasteiger partial charge in [-0.25, -0.2) is 0 Å². The lowest BCUT2D eigenvalue weighted by atomic mass is 10.0.